The number of fused-ring (bicyclic) bond motifs is 2. The van der Waals surface area contributed by atoms with Crippen molar-refractivity contribution in [3.8, 4) is 0 Å². The van der Waals surface area contributed by atoms with E-state index >= 15 is 0 Å². The molecule has 1 aromatic carbocycles. The molecule has 174 valence electrons. The summed E-state index contributed by atoms with van der Waals surface area (Å²) >= 11 is 6.04. The Hall–Kier alpha value is -0.0700. The number of aromatic carboxylic acids is 1. The molecule has 0 aromatic heterocycles. The van der Waals surface area contributed by atoms with Crippen LogP contribution < -0.4 is 0 Å². The van der Waals surface area contributed by atoms with Crippen molar-refractivity contribution in [2.75, 3.05) is 26.4 Å². The highest BCUT2D eigenvalue weighted by atomic mass is 32.2. The van der Waals surface area contributed by atoms with Crippen LogP contribution in [-0.4, -0.2) is 66.1 Å². The molecule has 10 heteroatoms. The third-order valence-corrected chi connectivity index (χ3v) is 12.2. The van der Waals surface area contributed by atoms with Crippen LogP contribution in [0.3, 0.4) is 0 Å². The van der Waals surface area contributed by atoms with Gasteiger partial charge >= 0.3 is 5.97 Å². The fourth-order valence-corrected chi connectivity index (χ4v) is 11.4. The van der Waals surface area contributed by atoms with E-state index < -0.39 is 14.1 Å². The highest BCUT2D eigenvalue weighted by molar-refractivity contribution is 8.21. The van der Waals surface area contributed by atoms with E-state index in [1.165, 1.54) is 23.5 Å². The molecule has 2 heterocycles. The summed E-state index contributed by atoms with van der Waals surface area (Å²) < 4.78 is -1.01. The van der Waals surface area contributed by atoms with Crippen LogP contribution in [0.15, 0.2) is 19.6 Å². The van der Waals surface area contributed by atoms with E-state index in [1.807, 2.05) is 0 Å². The number of aliphatic hydroxyl groups is 4. The summed E-state index contributed by atoms with van der Waals surface area (Å²) in [5.41, 5.74) is 1.08. The Labute approximate surface area is 200 Å². The van der Waals surface area contributed by atoms with Crippen LogP contribution in [0.1, 0.15) is 62.4 Å². The SMILES string of the molecule is CC(C)(C)c1c2c(c(C(=O)O)c3c1SC(CCO)(CCO)S3)SC(CCO)(CCO)S2. The van der Waals surface area contributed by atoms with Crippen LogP contribution in [0.5, 0.6) is 0 Å². The van der Waals surface area contributed by atoms with E-state index in [2.05, 4.69) is 20.8 Å². The second-order valence-corrected chi connectivity index (χ2v) is 14.8. The Balaban J connectivity index is 2.27. The van der Waals surface area contributed by atoms with Crippen molar-refractivity contribution in [1.29, 1.82) is 0 Å². The minimum atomic E-state index is -0.998. The third-order valence-electron chi connectivity index (χ3n) is 5.41. The minimum absolute atomic E-state index is 0.0411. The molecule has 1 aromatic rings. The molecule has 0 aliphatic carbocycles. The topological polar surface area (TPSA) is 118 Å². The lowest BCUT2D eigenvalue weighted by molar-refractivity contribution is 0.0687. The quantitative estimate of drug-likeness (QED) is 0.336. The van der Waals surface area contributed by atoms with E-state index in [9.17, 15) is 30.3 Å². The zero-order valence-electron chi connectivity index (χ0n) is 17.9. The first-order valence-corrected chi connectivity index (χ1v) is 13.5. The lowest BCUT2D eigenvalue weighted by Crippen LogP contribution is -2.22. The maximum absolute atomic E-state index is 12.5. The number of hydrogen-bond donors (Lipinski definition) is 5. The van der Waals surface area contributed by atoms with Gasteiger partial charge in [-0.25, -0.2) is 4.79 Å². The van der Waals surface area contributed by atoms with E-state index in [4.69, 9.17) is 0 Å². The van der Waals surface area contributed by atoms with Crippen LogP contribution in [0.25, 0.3) is 0 Å². The minimum Gasteiger partial charge on any atom is -0.478 e. The van der Waals surface area contributed by atoms with E-state index in [0.717, 1.165) is 15.4 Å². The summed E-state index contributed by atoms with van der Waals surface area (Å²) in [6.07, 6.45) is 1.79. The molecular weight excluding hydrogens is 476 g/mol. The molecule has 0 bridgehead atoms. The Kier molecular flexibility index (Phi) is 7.96. The van der Waals surface area contributed by atoms with Crippen molar-refractivity contribution in [2.45, 2.75) is 79.6 Å². The Morgan fingerprint density at radius 1 is 0.710 bits per heavy atom. The number of rotatable bonds is 9. The monoisotopic (exact) mass is 506 g/mol. The van der Waals surface area contributed by atoms with E-state index in [-0.39, 0.29) is 37.4 Å². The number of benzene rings is 1. The summed E-state index contributed by atoms with van der Waals surface area (Å²) in [5.74, 6) is -0.998. The van der Waals surface area contributed by atoms with Gasteiger partial charge < -0.3 is 25.5 Å². The highest BCUT2D eigenvalue weighted by Gasteiger charge is 2.50. The van der Waals surface area contributed by atoms with Gasteiger partial charge in [0.1, 0.15) is 0 Å². The molecule has 3 rings (SSSR count). The van der Waals surface area contributed by atoms with Gasteiger partial charge in [0.15, 0.2) is 0 Å². The predicted octanol–water partition coefficient (Wildman–Crippen LogP) is 4.00. The average molecular weight is 507 g/mol. The van der Waals surface area contributed by atoms with Gasteiger partial charge in [-0.15, -0.1) is 47.0 Å². The van der Waals surface area contributed by atoms with Gasteiger partial charge in [-0.05, 0) is 36.7 Å². The average Bonchev–Trinajstić information content (AvgIpc) is 3.17. The maximum Gasteiger partial charge on any atom is 0.338 e. The zero-order valence-corrected chi connectivity index (χ0v) is 21.2. The first-order chi connectivity index (χ1) is 14.6. The number of carboxylic acid groups (broad SMARTS) is 1. The number of carbonyl (C=O) groups is 1. The molecule has 0 saturated carbocycles. The van der Waals surface area contributed by atoms with Gasteiger partial charge in [-0.3, -0.25) is 0 Å². The molecule has 0 atom stereocenters. The largest absolute Gasteiger partial charge is 0.478 e. The van der Waals surface area contributed by atoms with Gasteiger partial charge in [0, 0.05) is 46.0 Å². The van der Waals surface area contributed by atoms with Gasteiger partial charge in [0.05, 0.1) is 13.7 Å². The van der Waals surface area contributed by atoms with Crippen LogP contribution >= 0.6 is 47.0 Å². The normalized spacial score (nSPS) is 18.8. The first kappa shape index (κ1) is 25.6. The highest BCUT2D eigenvalue weighted by Crippen LogP contribution is 2.69. The third kappa shape index (κ3) is 4.77. The lowest BCUT2D eigenvalue weighted by Gasteiger charge is -2.29. The Bertz CT molecular complexity index is 786. The molecule has 0 saturated heterocycles. The molecule has 0 fully saturated rings. The second kappa shape index (κ2) is 9.66. The standard InChI is InChI=1S/C21H30O6S4/c1-19(2,3)13-16-14(28-20(30-16,4-8-22)5-9-23)12(18(26)27)15-17(13)31-21(29-15,6-10-24)7-11-25/h22-25H,4-11H2,1-3H3,(H,26,27). The van der Waals surface area contributed by atoms with Gasteiger partial charge in [-0.2, -0.15) is 0 Å². The molecule has 31 heavy (non-hydrogen) atoms. The van der Waals surface area contributed by atoms with Gasteiger partial charge in [0.25, 0.3) is 0 Å². The van der Waals surface area contributed by atoms with Crippen LogP contribution in [0.4, 0.5) is 0 Å². The van der Waals surface area contributed by atoms with Crippen LogP contribution in [0.2, 0.25) is 0 Å². The second-order valence-electron chi connectivity index (χ2n) is 8.75. The summed E-state index contributed by atoms with van der Waals surface area (Å²) in [5, 5.41) is 48.9. The Morgan fingerprint density at radius 3 is 1.29 bits per heavy atom. The smallest absolute Gasteiger partial charge is 0.338 e. The molecule has 0 unspecified atom stereocenters. The molecule has 0 amide bonds. The van der Waals surface area contributed by atoms with Crippen LogP contribution in [0, 0.1) is 0 Å². The molecular formula is C21H30O6S4. The van der Waals surface area contributed by atoms with Crippen molar-refractivity contribution in [1.82, 2.24) is 0 Å². The van der Waals surface area contributed by atoms with Crippen molar-refractivity contribution in [3.05, 3.63) is 11.1 Å². The molecule has 0 radical (unpaired) electrons. The number of aliphatic hydroxyl groups excluding tert-OH is 4. The van der Waals surface area contributed by atoms with Crippen LogP contribution in [-0.2, 0) is 5.41 Å². The summed E-state index contributed by atoms with van der Waals surface area (Å²) in [7, 11) is 0. The maximum atomic E-state index is 12.5. The fourth-order valence-electron chi connectivity index (χ4n) is 4.05. The summed E-state index contributed by atoms with van der Waals surface area (Å²) in [4.78, 5) is 15.8. The van der Waals surface area contributed by atoms with E-state index in [0.29, 0.717) is 35.5 Å². The molecule has 6 nitrogen and oxygen atoms in total. The molecule has 0 spiro atoms. The van der Waals surface area contributed by atoms with Crippen molar-refractivity contribution in [3.63, 3.8) is 0 Å². The lowest BCUT2D eigenvalue weighted by atomic mass is 9.86. The number of carboxylic acids is 1. The predicted molar refractivity (Wildman–Crippen MR) is 128 cm³/mol. The number of thioether (sulfide) groups is 4. The van der Waals surface area contributed by atoms with Crippen molar-refractivity contribution in [2.24, 2.45) is 0 Å². The molecule has 2 aliphatic rings. The zero-order chi connectivity index (χ0) is 23.0. The van der Waals surface area contributed by atoms with Gasteiger partial charge in [0.2, 0.25) is 0 Å². The first-order valence-electron chi connectivity index (χ1n) is 10.2. The van der Waals surface area contributed by atoms with E-state index in [1.54, 1.807) is 23.5 Å². The fraction of sp³-hybridized carbons (Fsp3) is 0.667. The van der Waals surface area contributed by atoms with Crippen molar-refractivity contribution >= 4 is 53.0 Å². The summed E-state index contributed by atoms with van der Waals surface area (Å²) in [6.45, 7) is 6.16. The number of hydrogen-bond acceptors (Lipinski definition) is 9. The molecule has 2 aliphatic heterocycles. The summed E-state index contributed by atoms with van der Waals surface area (Å²) in [6, 6.07) is 0. The van der Waals surface area contributed by atoms with Gasteiger partial charge in [-0.1, -0.05) is 20.8 Å². The Morgan fingerprint density at radius 2 is 1.03 bits per heavy atom. The molecule has 5 N–H and O–H groups in total. The van der Waals surface area contributed by atoms with Crippen molar-refractivity contribution < 1.29 is 30.3 Å².